The summed E-state index contributed by atoms with van der Waals surface area (Å²) >= 11 is 4.41. The number of benzene rings is 3. The lowest BCUT2D eigenvalue weighted by Gasteiger charge is -2.57. The summed E-state index contributed by atoms with van der Waals surface area (Å²) in [5.41, 5.74) is 6.10. The maximum atomic E-state index is 11.7. The molecule has 0 atom stereocenters. The number of rotatable bonds is 6. The van der Waals surface area contributed by atoms with Crippen LogP contribution in [0.5, 0.6) is 11.5 Å². The van der Waals surface area contributed by atoms with Crippen LogP contribution in [0.3, 0.4) is 0 Å². The van der Waals surface area contributed by atoms with E-state index in [1.165, 1.54) is 49.7 Å². The fraction of sp³-hybridized carbons (Fsp3) is 0.406. The summed E-state index contributed by atoms with van der Waals surface area (Å²) < 4.78 is 1.87. The van der Waals surface area contributed by atoms with Gasteiger partial charge in [-0.25, -0.2) is 0 Å². The summed E-state index contributed by atoms with van der Waals surface area (Å²) in [6, 6.07) is 16.4. The van der Waals surface area contributed by atoms with Crippen LogP contribution in [-0.4, -0.2) is 23.5 Å². The highest BCUT2D eigenvalue weighted by molar-refractivity contribution is 14.1. The third-order valence-electron chi connectivity index (χ3n) is 9.04. The summed E-state index contributed by atoms with van der Waals surface area (Å²) in [6.45, 7) is 2.77. The Kier molecular flexibility index (Phi) is 7.16. The van der Waals surface area contributed by atoms with E-state index in [-0.39, 0.29) is 11.2 Å². The normalized spacial score (nSPS) is 25.8. The van der Waals surface area contributed by atoms with Crippen LogP contribution in [-0.2, 0) is 12.0 Å². The van der Waals surface area contributed by atoms with Crippen LogP contribution in [0, 0.1) is 31.8 Å². The molecule has 3 aromatic carbocycles. The van der Waals surface area contributed by atoms with Gasteiger partial charge in [0.25, 0.3) is 0 Å². The molecular formula is C32H34I2N2O2. The first-order chi connectivity index (χ1) is 18.2. The van der Waals surface area contributed by atoms with Crippen LogP contribution in [0.2, 0.25) is 0 Å². The Morgan fingerprint density at radius 3 is 2.29 bits per heavy atom. The lowest BCUT2D eigenvalue weighted by Crippen LogP contribution is -2.48. The van der Waals surface area contributed by atoms with Crippen molar-refractivity contribution in [3.63, 3.8) is 0 Å². The van der Waals surface area contributed by atoms with Crippen molar-refractivity contribution < 1.29 is 10.2 Å². The van der Waals surface area contributed by atoms with Crippen LogP contribution in [0.15, 0.2) is 53.5 Å². The standard InChI is InChI=1S/C32H34I2N2O2/c1-19-7-24(30(37)26(8-19)32-14-20-9-21(15-32)11-22(10-20)16-32)18-36(2)29-6-4-3-5-28(29)35-17-23-12-25(33)13-27(34)31(23)38/h3-8,12-13,17,20-22,37-38H,9-11,14-16,18H2,1-2H3. The maximum Gasteiger partial charge on any atom is 0.137 e. The van der Waals surface area contributed by atoms with Crippen molar-refractivity contribution >= 4 is 62.8 Å². The SMILES string of the molecule is Cc1cc(CN(C)c2ccccc2N=Cc2cc(I)cc(I)c2O)c(O)c(C23CC4CC(CC(C4)C2)C3)c1. The van der Waals surface area contributed by atoms with E-state index < -0.39 is 0 Å². The van der Waals surface area contributed by atoms with Crippen LogP contribution in [0.25, 0.3) is 0 Å². The third-order valence-corrected chi connectivity index (χ3v) is 10.5. The summed E-state index contributed by atoms with van der Waals surface area (Å²) in [6.07, 6.45) is 9.67. The topological polar surface area (TPSA) is 56.1 Å². The number of anilines is 1. The van der Waals surface area contributed by atoms with Crippen LogP contribution in [0.4, 0.5) is 11.4 Å². The first-order valence-electron chi connectivity index (χ1n) is 13.6. The molecule has 7 rings (SSSR count). The fourth-order valence-corrected chi connectivity index (χ4v) is 9.77. The third kappa shape index (κ3) is 4.95. The van der Waals surface area contributed by atoms with E-state index in [1.807, 2.05) is 30.3 Å². The molecule has 0 radical (unpaired) electrons. The van der Waals surface area contributed by atoms with Crippen molar-refractivity contribution in [2.45, 2.75) is 57.4 Å². The summed E-state index contributed by atoms with van der Waals surface area (Å²) in [7, 11) is 2.06. The van der Waals surface area contributed by atoms with Gasteiger partial charge >= 0.3 is 0 Å². The first-order valence-corrected chi connectivity index (χ1v) is 15.7. The number of nitrogens with zero attached hydrogens (tertiary/aromatic N) is 2. The molecule has 4 saturated carbocycles. The lowest BCUT2D eigenvalue weighted by molar-refractivity contribution is -0.00621. The molecule has 2 N–H and O–H groups in total. The van der Waals surface area contributed by atoms with Gasteiger partial charge in [0.1, 0.15) is 11.5 Å². The Morgan fingerprint density at radius 2 is 1.61 bits per heavy atom. The largest absolute Gasteiger partial charge is 0.507 e. The van der Waals surface area contributed by atoms with Crippen LogP contribution < -0.4 is 4.90 Å². The van der Waals surface area contributed by atoms with E-state index in [4.69, 9.17) is 4.99 Å². The second kappa shape index (κ2) is 10.3. The van der Waals surface area contributed by atoms with E-state index in [2.05, 4.69) is 82.3 Å². The molecule has 0 heterocycles. The Morgan fingerprint density at radius 1 is 0.947 bits per heavy atom. The van der Waals surface area contributed by atoms with Gasteiger partial charge in [0.05, 0.1) is 14.9 Å². The Labute approximate surface area is 252 Å². The Bertz CT molecular complexity index is 1380. The van der Waals surface area contributed by atoms with Gasteiger partial charge in [-0.1, -0.05) is 29.8 Å². The average Bonchev–Trinajstić information content (AvgIpc) is 2.86. The van der Waals surface area contributed by atoms with Gasteiger partial charge in [0.2, 0.25) is 0 Å². The molecule has 0 aromatic heterocycles. The zero-order valence-electron chi connectivity index (χ0n) is 21.9. The zero-order valence-corrected chi connectivity index (χ0v) is 26.2. The number of hydrogen-bond donors (Lipinski definition) is 2. The van der Waals surface area contributed by atoms with E-state index in [1.54, 1.807) is 6.21 Å². The molecule has 4 aliphatic carbocycles. The summed E-state index contributed by atoms with van der Waals surface area (Å²) in [5, 5.41) is 22.2. The van der Waals surface area contributed by atoms with E-state index >= 15 is 0 Å². The molecule has 4 nitrogen and oxygen atoms in total. The second-order valence-corrected chi connectivity index (χ2v) is 14.4. The molecule has 0 unspecified atom stereocenters. The number of aromatic hydroxyl groups is 2. The average molecular weight is 732 g/mol. The van der Waals surface area contributed by atoms with Gasteiger partial charge in [-0.15, -0.1) is 0 Å². The van der Waals surface area contributed by atoms with Gasteiger partial charge in [-0.3, -0.25) is 4.99 Å². The van der Waals surface area contributed by atoms with Gasteiger partial charge in [-0.05, 0) is 138 Å². The van der Waals surface area contributed by atoms with E-state index in [9.17, 15) is 10.2 Å². The number of aliphatic imine (C=N–C) groups is 1. The molecular weight excluding hydrogens is 698 g/mol. The number of phenols is 2. The monoisotopic (exact) mass is 732 g/mol. The smallest absolute Gasteiger partial charge is 0.137 e. The predicted molar refractivity (Wildman–Crippen MR) is 172 cm³/mol. The summed E-state index contributed by atoms with van der Waals surface area (Å²) in [4.78, 5) is 6.94. The van der Waals surface area contributed by atoms with Crippen molar-refractivity contribution in [1.29, 1.82) is 0 Å². The van der Waals surface area contributed by atoms with Crippen molar-refractivity contribution in [2.24, 2.45) is 22.7 Å². The van der Waals surface area contributed by atoms with Gasteiger partial charge in [0.15, 0.2) is 0 Å². The van der Waals surface area contributed by atoms with E-state index in [0.29, 0.717) is 17.9 Å². The van der Waals surface area contributed by atoms with Crippen LogP contribution >= 0.6 is 45.2 Å². The maximum absolute atomic E-state index is 11.7. The summed E-state index contributed by atoms with van der Waals surface area (Å²) in [5.74, 6) is 3.28. The highest BCUT2D eigenvalue weighted by atomic mass is 127. The van der Waals surface area contributed by atoms with Crippen molar-refractivity contribution in [3.8, 4) is 11.5 Å². The quantitative estimate of drug-likeness (QED) is 0.198. The molecule has 4 bridgehead atoms. The number of phenolic OH excluding ortho intramolecular Hbond substituents is 2. The van der Waals surface area contributed by atoms with Crippen molar-refractivity contribution in [1.82, 2.24) is 0 Å². The Balaban J connectivity index is 1.29. The molecule has 0 amide bonds. The molecule has 0 aliphatic heterocycles. The minimum atomic E-state index is 0.160. The second-order valence-electron chi connectivity index (χ2n) is 11.9. The molecule has 6 heteroatoms. The molecule has 38 heavy (non-hydrogen) atoms. The minimum Gasteiger partial charge on any atom is -0.507 e. The van der Waals surface area contributed by atoms with Gasteiger partial charge in [0, 0.05) is 40.1 Å². The molecule has 4 fully saturated rings. The highest BCUT2D eigenvalue weighted by Crippen LogP contribution is 2.62. The number of hydrogen-bond acceptors (Lipinski definition) is 4. The number of aryl methyl sites for hydroxylation is 1. The molecule has 3 aromatic rings. The van der Waals surface area contributed by atoms with E-state index in [0.717, 1.165) is 41.8 Å². The van der Waals surface area contributed by atoms with Gasteiger partial charge in [-0.2, -0.15) is 0 Å². The van der Waals surface area contributed by atoms with Crippen molar-refractivity contribution in [2.75, 3.05) is 11.9 Å². The number of para-hydroxylation sites is 2. The minimum absolute atomic E-state index is 0.160. The highest BCUT2D eigenvalue weighted by Gasteiger charge is 2.52. The van der Waals surface area contributed by atoms with Gasteiger partial charge < -0.3 is 15.1 Å². The van der Waals surface area contributed by atoms with Crippen molar-refractivity contribution in [3.05, 3.63) is 77.9 Å². The fourth-order valence-electron chi connectivity index (χ4n) is 7.88. The molecule has 4 aliphatic rings. The Hall–Kier alpha value is -1.81. The van der Waals surface area contributed by atoms with Crippen LogP contribution in [0.1, 0.15) is 60.8 Å². The molecule has 0 spiro atoms. The molecule has 198 valence electrons. The predicted octanol–water partition coefficient (Wildman–Crippen LogP) is 8.47. The lowest BCUT2D eigenvalue weighted by atomic mass is 9.48. The first kappa shape index (κ1) is 26.4. The zero-order chi connectivity index (χ0) is 26.6. The number of halogens is 2. The molecule has 0 saturated heterocycles.